The molecule has 1 N–H and O–H groups in total. The number of carbonyl (C=O) groups is 2. The summed E-state index contributed by atoms with van der Waals surface area (Å²) in [5.74, 6) is -0.674. The van der Waals surface area contributed by atoms with Crippen LogP contribution in [0.25, 0.3) is 0 Å². The minimum Gasteiger partial charge on any atom is -0.389 e. The second-order valence-corrected chi connectivity index (χ2v) is 14.8. The molecule has 0 aromatic rings. The molecule has 0 saturated carbocycles. The number of hydrogen-bond donors (Lipinski definition) is 1. The second kappa shape index (κ2) is 29.3. The van der Waals surface area contributed by atoms with Crippen molar-refractivity contribution in [1.29, 1.82) is 0 Å². The molecule has 0 aromatic carbocycles. The zero-order valence-corrected chi connectivity index (χ0v) is 30.7. The average molecular weight is 661 g/mol. The van der Waals surface area contributed by atoms with Gasteiger partial charge in [0.05, 0.1) is 19.8 Å². The van der Waals surface area contributed by atoms with Gasteiger partial charge in [0.1, 0.15) is 17.0 Å². The predicted molar refractivity (Wildman–Crippen MR) is 187 cm³/mol. The molecule has 268 valence electrons. The first-order chi connectivity index (χ1) is 21.7. The van der Waals surface area contributed by atoms with E-state index in [1.807, 2.05) is 0 Å². The van der Waals surface area contributed by atoms with Crippen molar-refractivity contribution in [1.82, 2.24) is 0 Å². The summed E-state index contributed by atoms with van der Waals surface area (Å²) in [4.78, 5) is 26.7. The van der Waals surface area contributed by atoms with Crippen LogP contribution in [0.5, 0.6) is 0 Å². The Morgan fingerprint density at radius 1 is 0.556 bits per heavy atom. The van der Waals surface area contributed by atoms with Crippen LogP contribution in [0.4, 0.5) is 0 Å². The van der Waals surface area contributed by atoms with Crippen LogP contribution in [0.3, 0.4) is 0 Å². The maximum atomic E-state index is 13.4. The van der Waals surface area contributed by atoms with E-state index in [2.05, 4.69) is 18.0 Å². The monoisotopic (exact) mass is 660 g/mol. The van der Waals surface area contributed by atoms with Gasteiger partial charge in [-0.25, -0.2) is 4.18 Å². The van der Waals surface area contributed by atoms with Gasteiger partial charge in [-0.15, -0.1) is 0 Å². The van der Waals surface area contributed by atoms with E-state index in [-0.39, 0.29) is 24.4 Å². The van der Waals surface area contributed by atoms with Crippen LogP contribution in [-0.2, 0) is 28.4 Å². The zero-order chi connectivity index (χ0) is 33.7. The molecule has 0 aliphatic rings. The Hall–Kier alpha value is -0.830. The van der Waals surface area contributed by atoms with Crippen molar-refractivity contribution >= 4 is 22.0 Å². The molecule has 0 rings (SSSR count). The van der Waals surface area contributed by atoms with Crippen LogP contribution in [0.2, 0.25) is 0 Å². The topological polar surface area (TPSA) is 107 Å². The molecule has 0 radical (unpaired) electrons. The predicted octanol–water partition coefficient (Wildman–Crippen LogP) is 10.4. The van der Waals surface area contributed by atoms with E-state index in [1.54, 1.807) is 0 Å². The van der Waals surface area contributed by atoms with E-state index in [4.69, 9.17) is 4.18 Å². The number of ketones is 2. The van der Waals surface area contributed by atoms with Gasteiger partial charge in [0.2, 0.25) is 0 Å². The highest BCUT2D eigenvalue weighted by molar-refractivity contribution is 7.81. The fraction of sp³-hybridized carbons (Fsp3) is 0.946. The fourth-order valence-corrected chi connectivity index (χ4v) is 6.41. The largest absolute Gasteiger partial charge is 0.399 e. The Kier molecular flexibility index (Phi) is 28.8. The first-order valence-corrected chi connectivity index (χ1v) is 20.2. The van der Waals surface area contributed by atoms with E-state index < -0.39 is 28.5 Å². The number of rotatable bonds is 35. The van der Waals surface area contributed by atoms with Gasteiger partial charge in [0.15, 0.2) is 0 Å². The van der Waals surface area contributed by atoms with Crippen molar-refractivity contribution in [2.45, 2.75) is 207 Å². The molecule has 0 spiro atoms. The minimum absolute atomic E-state index is 0.187. The maximum absolute atomic E-state index is 13.4. The van der Waals surface area contributed by atoms with Gasteiger partial charge in [-0.05, 0) is 19.8 Å². The van der Waals surface area contributed by atoms with Gasteiger partial charge in [0, 0.05) is 12.8 Å². The van der Waals surface area contributed by atoms with Crippen molar-refractivity contribution in [3.63, 3.8) is 0 Å². The molecule has 0 saturated heterocycles. The molecule has 1 atom stereocenters. The highest BCUT2D eigenvalue weighted by atomic mass is 32.3. The number of unbranched alkanes of at least 4 members (excludes halogenated alkanes) is 24. The van der Waals surface area contributed by atoms with Gasteiger partial charge < -0.3 is 5.11 Å². The quantitative estimate of drug-likeness (QED) is 0.0532. The number of hydrogen-bond acceptors (Lipinski definition) is 7. The molecule has 0 aliphatic heterocycles. The van der Waals surface area contributed by atoms with E-state index >= 15 is 0 Å². The molecule has 7 nitrogen and oxygen atoms in total. The number of aliphatic hydroxyl groups is 1. The lowest BCUT2D eigenvalue weighted by molar-refractivity contribution is -0.149. The molecule has 0 bridgehead atoms. The number of aliphatic hydroxyl groups excluding tert-OH is 1. The van der Waals surface area contributed by atoms with Crippen LogP contribution in [-0.4, -0.2) is 44.9 Å². The maximum Gasteiger partial charge on any atom is 0.399 e. The average Bonchev–Trinajstić information content (AvgIpc) is 3.03. The van der Waals surface area contributed by atoms with E-state index in [1.165, 1.54) is 122 Å². The highest BCUT2D eigenvalue weighted by Gasteiger charge is 2.46. The summed E-state index contributed by atoms with van der Waals surface area (Å²) in [6, 6.07) is 0. The van der Waals surface area contributed by atoms with Gasteiger partial charge >= 0.3 is 10.4 Å². The van der Waals surface area contributed by atoms with Gasteiger partial charge in [-0.3, -0.25) is 13.8 Å². The Morgan fingerprint density at radius 2 is 0.822 bits per heavy atom. The molecule has 0 fully saturated rings. The highest BCUT2D eigenvalue weighted by Crippen LogP contribution is 2.31. The molecule has 0 heterocycles. The van der Waals surface area contributed by atoms with Crippen LogP contribution in [0.15, 0.2) is 0 Å². The molecule has 1 unspecified atom stereocenters. The number of carbonyl (C=O) groups excluding carboxylic acids is 2. The summed E-state index contributed by atoms with van der Waals surface area (Å²) in [5, 5.41) is 10.9. The second-order valence-electron chi connectivity index (χ2n) is 13.4. The summed E-state index contributed by atoms with van der Waals surface area (Å²) in [6.07, 6.45) is 29.8. The Morgan fingerprint density at radius 3 is 1.09 bits per heavy atom. The summed E-state index contributed by atoms with van der Waals surface area (Å²) in [7, 11) is -3.33. The summed E-state index contributed by atoms with van der Waals surface area (Å²) >= 11 is 0. The zero-order valence-electron chi connectivity index (χ0n) is 29.9. The molecule has 0 aromatic heterocycles. The van der Waals surface area contributed by atoms with Crippen molar-refractivity contribution in [2.24, 2.45) is 5.41 Å². The van der Waals surface area contributed by atoms with Crippen molar-refractivity contribution in [3.8, 4) is 0 Å². The van der Waals surface area contributed by atoms with Crippen LogP contribution >= 0.6 is 0 Å². The molecule has 8 heteroatoms. The van der Waals surface area contributed by atoms with E-state index in [9.17, 15) is 23.1 Å². The molecule has 45 heavy (non-hydrogen) atoms. The van der Waals surface area contributed by atoms with Crippen LogP contribution in [0, 0.1) is 5.41 Å². The van der Waals surface area contributed by atoms with Crippen LogP contribution in [0.1, 0.15) is 201 Å². The minimum atomic E-state index is -4.29. The first kappa shape index (κ1) is 44.2. The normalized spacial score (nSPS) is 12.9. The standard InChI is InChI=1S/C37H72O7S/c1-5-7-9-11-13-15-17-19-21-23-25-27-29-31-34(38)37(3,36(40)33-44-45(41,42)43-4)35(39)32-30-28-26-24-22-20-18-16-14-12-10-8-6-2/h36,40H,5-33H2,1-4H3. The third kappa shape index (κ3) is 23.2. The van der Waals surface area contributed by atoms with Crippen molar-refractivity contribution in [3.05, 3.63) is 0 Å². The van der Waals surface area contributed by atoms with Gasteiger partial charge in [-0.1, -0.05) is 168 Å². The number of Topliss-reactive ketones (excluding diaryl/α,β-unsaturated/α-hetero) is 2. The SMILES string of the molecule is CCCCCCCCCCCCCCCC(=O)C(C)(C(=O)CCCCCCCCCCCCCCC)C(O)COS(=O)(=O)OC. The van der Waals surface area contributed by atoms with Gasteiger partial charge in [0.25, 0.3) is 0 Å². The summed E-state index contributed by atoms with van der Waals surface area (Å²) in [6.45, 7) is 5.25. The Balaban J connectivity index is 4.49. The lowest BCUT2D eigenvalue weighted by Crippen LogP contribution is -2.49. The lowest BCUT2D eigenvalue weighted by atomic mass is 9.73. The molecule has 0 amide bonds. The first-order valence-electron chi connectivity index (χ1n) is 18.8. The molecule has 0 aliphatic carbocycles. The Labute approximate surface area is 278 Å². The van der Waals surface area contributed by atoms with E-state index in [0.29, 0.717) is 12.8 Å². The fourth-order valence-electron chi connectivity index (χ4n) is 6.02. The Bertz CT molecular complexity index is 770. The van der Waals surface area contributed by atoms with Gasteiger partial charge in [-0.2, -0.15) is 8.42 Å². The molecular weight excluding hydrogens is 588 g/mol. The smallest absolute Gasteiger partial charge is 0.389 e. The lowest BCUT2D eigenvalue weighted by Gasteiger charge is -2.31. The summed E-state index contributed by atoms with van der Waals surface area (Å²) < 4.78 is 32.3. The van der Waals surface area contributed by atoms with E-state index in [0.717, 1.165) is 45.6 Å². The third-order valence-electron chi connectivity index (χ3n) is 9.41. The summed E-state index contributed by atoms with van der Waals surface area (Å²) in [5.41, 5.74) is -1.70. The third-order valence-corrected chi connectivity index (χ3v) is 10.2. The van der Waals surface area contributed by atoms with Crippen LogP contribution < -0.4 is 0 Å². The van der Waals surface area contributed by atoms with Crippen molar-refractivity contribution < 1.29 is 31.5 Å². The van der Waals surface area contributed by atoms with Crippen molar-refractivity contribution in [2.75, 3.05) is 13.7 Å². The molecular formula is C37H72O7S.